The molecule has 0 bridgehead atoms. The second-order valence-corrected chi connectivity index (χ2v) is 16.0. The maximum absolute atomic E-state index is 6.53. The third-order valence-electron chi connectivity index (χ3n) is 8.49. The van der Waals surface area contributed by atoms with E-state index in [0.29, 0.717) is 41.1 Å². The monoisotopic (exact) mass is 739 g/mol. The zero-order chi connectivity index (χ0) is 36.0. The Morgan fingerprint density at radius 2 is 1.08 bits per heavy atom. The lowest BCUT2D eigenvalue weighted by Crippen LogP contribution is -2.37. The van der Waals surface area contributed by atoms with Gasteiger partial charge in [0.05, 0.1) is 6.61 Å². The summed E-state index contributed by atoms with van der Waals surface area (Å²) >= 11 is 11.1. The molecule has 0 radical (unpaired) electrons. The molecular formula is C42H40N6OPS2+. The molecule has 4 N–H and O–H groups in total. The summed E-state index contributed by atoms with van der Waals surface area (Å²) in [6.45, 7) is 0.933. The Morgan fingerprint density at radius 3 is 1.67 bits per heavy atom. The van der Waals surface area contributed by atoms with Gasteiger partial charge in [-0.25, -0.2) is 0 Å². The smallest absolute Gasteiger partial charge is 0.187 e. The number of hydrazone groups is 2. The average Bonchev–Trinajstić information content (AvgIpc) is 3.21. The summed E-state index contributed by atoms with van der Waals surface area (Å²) in [5, 5.41) is 22.5. The number of nitrogens with zero attached hydrogens (tertiary/aromatic N) is 2. The maximum Gasteiger partial charge on any atom is 0.187 e. The molecule has 0 spiro atoms. The molecule has 260 valence electrons. The molecule has 10 heteroatoms. The number of benzene rings is 6. The quantitative estimate of drug-likeness (QED) is 0.0356. The highest BCUT2D eigenvalue weighted by molar-refractivity contribution is 7.95. The summed E-state index contributed by atoms with van der Waals surface area (Å²) in [6, 6.07) is 56.3. The van der Waals surface area contributed by atoms with Crippen molar-refractivity contribution in [3.63, 3.8) is 0 Å². The fourth-order valence-corrected chi connectivity index (χ4v) is 9.97. The Labute approximate surface area is 316 Å². The van der Waals surface area contributed by atoms with Gasteiger partial charge in [0.25, 0.3) is 0 Å². The van der Waals surface area contributed by atoms with Crippen LogP contribution in [0, 0.1) is 0 Å². The molecule has 52 heavy (non-hydrogen) atoms. The lowest BCUT2D eigenvalue weighted by molar-refractivity contribution is 0.185. The predicted octanol–water partition coefficient (Wildman–Crippen LogP) is 6.47. The minimum Gasteiger partial charge on any atom is -0.364 e. The Kier molecular flexibility index (Phi) is 12.8. The maximum atomic E-state index is 6.53. The van der Waals surface area contributed by atoms with Crippen LogP contribution in [-0.4, -0.2) is 48.2 Å². The van der Waals surface area contributed by atoms with E-state index < -0.39 is 7.26 Å². The molecule has 6 aromatic carbocycles. The van der Waals surface area contributed by atoms with Gasteiger partial charge in [-0.2, -0.15) is 10.2 Å². The van der Waals surface area contributed by atoms with Crippen LogP contribution in [0.15, 0.2) is 174 Å². The highest BCUT2D eigenvalue weighted by atomic mass is 32.1. The van der Waals surface area contributed by atoms with Gasteiger partial charge in [0, 0.05) is 24.7 Å². The first-order valence-electron chi connectivity index (χ1n) is 16.9. The second kappa shape index (κ2) is 18.3. The van der Waals surface area contributed by atoms with Gasteiger partial charge in [-0.1, -0.05) is 127 Å². The summed E-state index contributed by atoms with van der Waals surface area (Å²) in [4.78, 5) is 0. The van der Waals surface area contributed by atoms with Crippen LogP contribution >= 0.6 is 31.7 Å². The third kappa shape index (κ3) is 8.76. The molecule has 6 aromatic rings. The number of nitrogens with one attached hydrogen (secondary N) is 4. The van der Waals surface area contributed by atoms with Gasteiger partial charge >= 0.3 is 0 Å². The first-order chi connectivity index (χ1) is 25.6. The molecule has 0 fully saturated rings. The molecule has 0 saturated heterocycles. The second-order valence-electron chi connectivity index (χ2n) is 11.7. The van der Waals surface area contributed by atoms with Crippen LogP contribution in [0.2, 0.25) is 0 Å². The van der Waals surface area contributed by atoms with Gasteiger partial charge in [0.2, 0.25) is 0 Å². The Bertz CT molecular complexity index is 2050. The highest BCUT2D eigenvalue weighted by Crippen LogP contribution is 2.55. The van der Waals surface area contributed by atoms with Crippen LogP contribution in [0.25, 0.3) is 10.8 Å². The van der Waals surface area contributed by atoms with E-state index in [-0.39, 0.29) is 0 Å². The largest absolute Gasteiger partial charge is 0.364 e. The van der Waals surface area contributed by atoms with Crippen molar-refractivity contribution in [3.8, 4) is 0 Å². The number of hydrogen-bond acceptors (Lipinski definition) is 5. The zero-order valence-electron chi connectivity index (χ0n) is 28.8. The minimum atomic E-state index is -2.10. The van der Waals surface area contributed by atoms with Crippen LogP contribution in [0.3, 0.4) is 0 Å². The van der Waals surface area contributed by atoms with Crippen molar-refractivity contribution in [1.82, 2.24) is 21.5 Å². The van der Waals surface area contributed by atoms with Crippen LogP contribution in [0.4, 0.5) is 0 Å². The molecule has 0 amide bonds. The first-order valence-corrected chi connectivity index (χ1v) is 19.7. The van der Waals surface area contributed by atoms with Gasteiger partial charge in [-0.3, -0.25) is 10.9 Å². The van der Waals surface area contributed by atoms with Crippen molar-refractivity contribution in [3.05, 3.63) is 175 Å². The van der Waals surface area contributed by atoms with Gasteiger partial charge in [-0.15, -0.1) is 0 Å². The molecule has 0 saturated carbocycles. The van der Waals surface area contributed by atoms with Crippen LogP contribution in [0.1, 0.15) is 11.1 Å². The van der Waals surface area contributed by atoms with E-state index in [1.54, 1.807) is 7.05 Å². The van der Waals surface area contributed by atoms with E-state index in [1.165, 1.54) is 15.9 Å². The van der Waals surface area contributed by atoms with E-state index in [4.69, 9.17) is 39.4 Å². The standard InChI is InChI=1S/C42H39N6OPS2/c1-43-41(51)47-46-40(38-28-16-20-32-17-14-15-27-37(32)38)39(33-18-6-2-7-19-33)45-48-42(52)44-29-30-49-31-50(34-21-8-3-9-22-34,35-23-10-4-11-24-35)36-25-12-5-13-26-36/h2-28H,29-31H2,1H3,(H3-,43,44,45,46,47,48,51,52)/p+1. The minimum absolute atomic E-state index is 0.364. The fraction of sp³-hybridized carbons (Fsp3) is 0.0952. The van der Waals surface area contributed by atoms with Gasteiger partial charge in [0.1, 0.15) is 34.6 Å². The van der Waals surface area contributed by atoms with Crippen molar-refractivity contribution in [2.75, 3.05) is 26.5 Å². The molecule has 0 heterocycles. The van der Waals surface area contributed by atoms with Gasteiger partial charge in [-0.05, 0) is 71.6 Å². The van der Waals surface area contributed by atoms with Crippen molar-refractivity contribution in [2.24, 2.45) is 10.2 Å². The lowest BCUT2D eigenvalue weighted by Gasteiger charge is -2.27. The summed E-state index contributed by atoms with van der Waals surface area (Å²) in [5.74, 6) is 0. The molecule has 6 rings (SSSR count). The normalized spacial score (nSPS) is 11.9. The van der Waals surface area contributed by atoms with Crippen LogP contribution < -0.4 is 37.4 Å². The number of ether oxygens (including phenoxy) is 1. The third-order valence-corrected chi connectivity index (χ3v) is 13.1. The zero-order valence-corrected chi connectivity index (χ0v) is 31.3. The summed E-state index contributed by atoms with van der Waals surface area (Å²) < 4.78 is 6.53. The molecule has 0 aromatic heterocycles. The molecule has 0 unspecified atom stereocenters. The van der Waals surface area contributed by atoms with E-state index in [9.17, 15) is 0 Å². The number of rotatable bonds is 13. The van der Waals surface area contributed by atoms with E-state index in [2.05, 4.69) is 131 Å². The fourth-order valence-electron chi connectivity index (χ4n) is 5.99. The summed E-state index contributed by atoms with van der Waals surface area (Å²) in [7, 11) is -0.358. The van der Waals surface area contributed by atoms with Crippen molar-refractivity contribution in [2.45, 2.75) is 0 Å². The average molecular weight is 740 g/mol. The Morgan fingerprint density at radius 1 is 0.577 bits per heavy atom. The molecule has 7 nitrogen and oxygen atoms in total. The summed E-state index contributed by atoms with van der Waals surface area (Å²) in [5.41, 5.74) is 8.97. The van der Waals surface area contributed by atoms with E-state index >= 15 is 0 Å². The van der Waals surface area contributed by atoms with Crippen LogP contribution in [-0.2, 0) is 4.74 Å². The van der Waals surface area contributed by atoms with Gasteiger partial charge < -0.3 is 15.4 Å². The molecule has 0 aliphatic heterocycles. The van der Waals surface area contributed by atoms with E-state index in [1.807, 2.05) is 54.6 Å². The Hall–Kier alpha value is -5.31. The topological polar surface area (TPSA) is 82.1 Å². The summed E-state index contributed by atoms with van der Waals surface area (Å²) in [6.07, 6.45) is 0.551. The number of fused-ring (bicyclic) bond motifs is 1. The first kappa shape index (κ1) is 36.5. The molecule has 0 aliphatic carbocycles. The lowest BCUT2D eigenvalue weighted by atomic mass is 9.95. The van der Waals surface area contributed by atoms with Crippen molar-refractivity contribution < 1.29 is 4.74 Å². The Balaban J connectivity index is 1.21. The van der Waals surface area contributed by atoms with Crippen molar-refractivity contribution >= 4 is 80.0 Å². The van der Waals surface area contributed by atoms with Crippen molar-refractivity contribution in [1.29, 1.82) is 0 Å². The van der Waals surface area contributed by atoms with E-state index in [0.717, 1.165) is 21.9 Å². The van der Waals surface area contributed by atoms with Gasteiger partial charge in [0.15, 0.2) is 16.6 Å². The molecule has 0 aliphatic rings. The number of hydrogen-bond donors (Lipinski definition) is 4. The number of thiocarbonyl (C=S) groups is 2. The highest BCUT2D eigenvalue weighted by Gasteiger charge is 2.45. The SMILES string of the molecule is CNC(=S)NN=C(C(=NNC(=S)NCCOC[P+](c1ccccc1)(c1ccccc1)c1ccccc1)c1ccccc1)c1cccc2ccccc12. The molecular weight excluding hydrogens is 700 g/mol. The molecule has 0 atom stereocenters. The van der Waals surface area contributed by atoms with Crippen LogP contribution in [0.5, 0.6) is 0 Å². The predicted molar refractivity (Wildman–Crippen MR) is 228 cm³/mol.